The number of amides is 1. The Morgan fingerprint density at radius 1 is 1.12 bits per heavy atom. The standard InChI is InChI=1S/C21H24N2OS/c1-15-9-8-12-18(16(15)2)19(24)23-20(25-14-21(23,3)4)22-13-17-10-6-5-7-11-17/h5-12H,13-14H2,1-4H3. The van der Waals surface area contributed by atoms with Gasteiger partial charge in [-0.25, -0.2) is 0 Å². The van der Waals surface area contributed by atoms with E-state index in [2.05, 4.69) is 26.0 Å². The average molecular weight is 353 g/mol. The summed E-state index contributed by atoms with van der Waals surface area (Å²) in [5.41, 5.74) is 3.86. The van der Waals surface area contributed by atoms with Crippen molar-refractivity contribution in [2.45, 2.75) is 39.8 Å². The van der Waals surface area contributed by atoms with Crippen LogP contribution in [0.4, 0.5) is 0 Å². The lowest BCUT2D eigenvalue weighted by molar-refractivity contribution is 0.0765. The van der Waals surface area contributed by atoms with E-state index >= 15 is 0 Å². The van der Waals surface area contributed by atoms with E-state index in [1.807, 2.05) is 55.1 Å². The summed E-state index contributed by atoms with van der Waals surface area (Å²) in [6, 6.07) is 16.1. The van der Waals surface area contributed by atoms with Gasteiger partial charge in [-0.05, 0) is 50.5 Å². The van der Waals surface area contributed by atoms with Crippen LogP contribution in [-0.2, 0) is 6.54 Å². The van der Waals surface area contributed by atoms with Gasteiger partial charge in [-0.15, -0.1) is 0 Å². The molecule has 0 atom stereocenters. The highest BCUT2D eigenvalue weighted by Crippen LogP contribution is 2.35. The first-order valence-electron chi connectivity index (χ1n) is 8.52. The van der Waals surface area contributed by atoms with Crippen molar-refractivity contribution in [1.29, 1.82) is 0 Å². The minimum atomic E-state index is -0.243. The first-order chi connectivity index (χ1) is 11.9. The highest BCUT2D eigenvalue weighted by atomic mass is 32.2. The monoisotopic (exact) mass is 352 g/mol. The maximum absolute atomic E-state index is 13.3. The van der Waals surface area contributed by atoms with Gasteiger partial charge >= 0.3 is 0 Å². The SMILES string of the molecule is Cc1cccc(C(=O)N2C(=NCc3ccccc3)SCC2(C)C)c1C. The van der Waals surface area contributed by atoms with Gasteiger partial charge < -0.3 is 0 Å². The molecule has 0 N–H and O–H groups in total. The maximum Gasteiger partial charge on any atom is 0.260 e. The van der Waals surface area contributed by atoms with Gasteiger partial charge in [0.1, 0.15) is 0 Å². The van der Waals surface area contributed by atoms with Crippen LogP contribution >= 0.6 is 11.8 Å². The van der Waals surface area contributed by atoms with Gasteiger partial charge in [-0.2, -0.15) is 0 Å². The largest absolute Gasteiger partial charge is 0.281 e. The molecule has 25 heavy (non-hydrogen) atoms. The van der Waals surface area contributed by atoms with E-state index in [0.717, 1.165) is 33.2 Å². The summed E-state index contributed by atoms with van der Waals surface area (Å²) < 4.78 is 0. The topological polar surface area (TPSA) is 32.7 Å². The number of aliphatic imine (C=N–C) groups is 1. The Bertz CT molecular complexity index is 812. The Labute approximate surface area is 154 Å². The van der Waals surface area contributed by atoms with Crippen molar-refractivity contribution in [3.8, 4) is 0 Å². The Kier molecular flexibility index (Phi) is 5.00. The number of benzene rings is 2. The van der Waals surface area contributed by atoms with Crippen LogP contribution in [-0.4, -0.2) is 27.3 Å². The predicted molar refractivity (Wildman–Crippen MR) is 106 cm³/mol. The van der Waals surface area contributed by atoms with Crippen molar-refractivity contribution in [2.24, 2.45) is 4.99 Å². The predicted octanol–water partition coefficient (Wildman–Crippen LogP) is 4.83. The minimum Gasteiger partial charge on any atom is -0.281 e. The van der Waals surface area contributed by atoms with E-state index in [1.165, 1.54) is 0 Å². The fourth-order valence-electron chi connectivity index (χ4n) is 2.95. The molecule has 3 rings (SSSR count). The Hall–Kier alpha value is -2.07. The lowest BCUT2D eigenvalue weighted by atomic mass is 9.99. The van der Waals surface area contributed by atoms with E-state index < -0.39 is 0 Å². The normalized spacial score (nSPS) is 17.9. The lowest BCUT2D eigenvalue weighted by Gasteiger charge is -2.31. The zero-order valence-electron chi connectivity index (χ0n) is 15.2. The van der Waals surface area contributed by atoms with Gasteiger partial charge in [0.15, 0.2) is 5.17 Å². The molecule has 1 heterocycles. The third-order valence-corrected chi connectivity index (χ3v) is 6.05. The van der Waals surface area contributed by atoms with Gasteiger partial charge in [0.2, 0.25) is 0 Å². The number of carbonyl (C=O) groups excluding carboxylic acids is 1. The second kappa shape index (κ2) is 7.04. The van der Waals surface area contributed by atoms with Gasteiger partial charge in [-0.1, -0.05) is 54.2 Å². The van der Waals surface area contributed by atoms with Crippen molar-refractivity contribution in [3.05, 3.63) is 70.8 Å². The summed E-state index contributed by atoms with van der Waals surface area (Å²) in [5, 5.41) is 0.819. The summed E-state index contributed by atoms with van der Waals surface area (Å²) in [7, 11) is 0. The van der Waals surface area contributed by atoms with E-state index in [9.17, 15) is 4.79 Å². The van der Waals surface area contributed by atoms with Gasteiger partial charge in [-0.3, -0.25) is 14.7 Å². The van der Waals surface area contributed by atoms with Crippen LogP contribution in [0.25, 0.3) is 0 Å². The molecular formula is C21H24N2OS. The molecule has 0 bridgehead atoms. The minimum absolute atomic E-state index is 0.0445. The van der Waals surface area contributed by atoms with E-state index in [0.29, 0.717) is 6.54 Å². The third-order valence-electron chi connectivity index (χ3n) is 4.63. The molecule has 3 nitrogen and oxygen atoms in total. The molecule has 0 spiro atoms. The Morgan fingerprint density at radius 2 is 1.84 bits per heavy atom. The molecule has 0 aromatic heterocycles. The summed E-state index contributed by atoms with van der Waals surface area (Å²) in [6.07, 6.45) is 0. The van der Waals surface area contributed by atoms with E-state index in [4.69, 9.17) is 4.99 Å². The first-order valence-corrected chi connectivity index (χ1v) is 9.50. The fraction of sp³-hybridized carbons (Fsp3) is 0.333. The molecular weight excluding hydrogens is 328 g/mol. The third kappa shape index (κ3) is 3.64. The molecule has 130 valence electrons. The molecule has 2 aromatic carbocycles. The smallest absolute Gasteiger partial charge is 0.260 e. The van der Waals surface area contributed by atoms with Crippen LogP contribution in [0.2, 0.25) is 0 Å². The molecule has 1 aliphatic rings. The molecule has 0 radical (unpaired) electrons. The van der Waals surface area contributed by atoms with Crippen LogP contribution in [0.5, 0.6) is 0 Å². The van der Waals surface area contributed by atoms with Crippen molar-refractivity contribution in [2.75, 3.05) is 5.75 Å². The molecule has 0 aliphatic carbocycles. The summed E-state index contributed by atoms with van der Waals surface area (Å²) in [4.78, 5) is 19.9. The molecule has 1 fully saturated rings. The molecule has 1 amide bonds. The fourth-order valence-corrected chi connectivity index (χ4v) is 4.18. The summed E-state index contributed by atoms with van der Waals surface area (Å²) in [5.74, 6) is 0.903. The molecule has 0 saturated carbocycles. The quantitative estimate of drug-likeness (QED) is 0.793. The van der Waals surface area contributed by atoms with Crippen LogP contribution in [0, 0.1) is 13.8 Å². The van der Waals surface area contributed by atoms with E-state index in [-0.39, 0.29) is 11.4 Å². The van der Waals surface area contributed by atoms with Gasteiger partial charge in [0.25, 0.3) is 5.91 Å². The lowest BCUT2D eigenvalue weighted by Crippen LogP contribution is -2.46. The second-order valence-electron chi connectivity index (χ2n) is 7.07. The molecule has 1 saturated heterocycles. The maximum atomic E-state index is 13.3. The number of hydrogen-bond donors (Lipinski definition) is 0. The average Bonchev–Trinajstić information content (AvgIpc) is 2.90. The van der Waals surface area contributed by atoms with Crippen LogP contribution in [0.15, 0.2) is 53.5 Å². The van der Waals surface area contributed by atoms with Crippen LogP contribution in [0.3, 0.4) is 0 Å². The first kappa shape index (κ1) is 17.7. The second-order valence-corrected chi connectivity index (χ2v) is 8.02. The highest BCUT2D eigenvalue weighted by Gasteiger charge is 2.41. The number of aryl methyl sites for hydroxylation is 1. The zero-order chi connectivity index (χ0) is 18.0. The van der Waals surface area contributed by atoms with Crippen molar-refractivity contribution in [3.63, 3.8) is 0 Å². The van der Waals surface area contributed by atoms with Crippen molar-refractivity contribution < 1.29 is 4.79 Å². The number of carbonyl (C=O) groups is 1. The molecule has 0 unspecified atom stereocenters. The van der Waals surface area contributed by atoms with Crippen molar-refractivity contribution in [1.82, 2.24) is 4.90 Å². The number of amidine groups is 1. The molecule has 4 heteroatoms. The van der Waals surface area contributed by atoms with Gasteiger partial charge in [0, 0.05) is 11.3 Å². The van der Waals surface area contributed by atoms with Crippen LogP contribution in [0.1, 0.15) is 40.9 Å². The van der Waals surface area contributed by atoms with Crippen molar-refractivity contribution >= 4 is 22.8 Å². The molecule has 1 aliphatic heterocycles. The number of nitrogens with zero attached hydrogens (tertiary/aromatic N) is 2. The number of rotatable bonds is 3. The number of thioether (sulfide) groups is 1. The van der Waals surface area contributed by atoms with E-state index in [1.54, 1.807) is 11.8 Å². The summed E-state index contributed by atoms with van der Waals surface area (Å²) in [6.45, 7) is 8.86. The highest BCUT2D eigenvalue weighted by molar-refractivity contribution is 8.14. The van der Waals surface area contributed by atoms with Crippen LogP contribution < -0.4 is 0 Å². The Balaban J connectivity index is 1.92. The Morgan fingerprint density at radius 3 is 2.56 bits per heavy atom. The zero-order valence-corrected chi connectivity index (χ0v) is 16.1. The number of hydrogen-bond acceptors (Lipinski definition) is 3. The molecule has 2 aromatic rings. The summed E-state index contributed by atoms with van der Waals surface area (Å²) >= 11 is 1.66. The van der Waals surface area contributed by atoms with Gasteiger partial charge in [0.05, 0.1) is 12.1 Å².